The van der Waals surface area contributed by atoms with Crippen LogP contribution in [0.5, 0.6) is 5.75 Å². The summed E-state index contributed by atoms with van der Waals surface area (Å²) < 4.78 is 37.8. The Labute approximate surface area is 117 Å². The Kier molecular flexibility index (Phi) is 4.88. The van der Waals surface area contributed by atoms with Crippen molar-refractivity contribution in [1.29, 1.82) is 0 Å². The van der Waals surface area contributed by atoms with Crippen molar-refractivity contribution in [2.24, 2.45) is 0 Å². The summed E-state index contributed by atoms with van der Waals surface area (Å²) in [6.07, 6.45) is 1.27. The number of hydrogen-bond donors (Lipinski definition) is 1. The Bertz CT molecular complexity index is 673. The van der Waals surface area contributed by atoms with E-state index < -0.39 is 10.3 Å². The second-order valence-corrected chi connectivity index (χ2v) is 4.85. The van der Waals surface area contributed by atoms with Gasteiger partial charge in [0.05, 0.1) is 12.7 Å². The van der Waals surface area contributed by atoms with Gasteiger partial charge in [0.1, 0.15) is 5.75 Å². The van der Waals surface area contributed by atoms with Crippen LogP contribution in [-0.4, -0.2) is 20.1 Å². The zero-order valence-electron chi connectivity index (χ0n) is 10.0. The summed E-state index contributed by atoms with van der Waals surface area (Å²) in [6, 6.07) is 11.8. The smallest absolute Gasteiger partial charge is 0.511 e. The number of aromatic nitrogens is 1. The summed E-state index contributed by atoms with van der Waals surface area (Å²) in [5.41, 5.74) is 0.913. The molecule has 0 aliphatic heterocycles. The third-order valence-electron chi connectivity index (χ3n) is 2.46. The van der Waals surface area contributed by atoms with Crippen LogP contribution in [0.15, 0.2) is 48.7 Å². The molecule has 0 radical (unpaired) electrons. The van der Waals surface area contributed by atoms with E-state index >= 15 is 0 Å². The van der Waals surface area contributed by atoms with Crippen molar-refractivity contribution in [3.63, 3.8) is 0 Å². The molecule has 0 atom stereocenters. The summed E-state index contributed by atoms with van der Waals surface area (Å²) in [5.74, 6) is 0.529. The summed E-state index contributed by atoms with van der Waals surface area (Å²) in [6.45, 7) is 0. The zero-order chi connectivity index (χ0) is 13.2. The van der Waals surface area contributed by atoms with E-state index in [0.29, 0.717) is 17.0 Å². The number of rotatable bonds is 3. The number of para-hydroxylation sites is 1. The molecule has 0 spiro atoms. The topological polar surface area (TPSA) is 67.5 Å². The zero-order valence-corrected chi connectivity index (χ0v) is 11.6. The van der Waals surface area contributed by atoms with Crippen LogP contribution in [-0.2, 0) is 10.3 Å². The highest BCUT2D eigenvalue weighted by Gasteiger charge is 2.25. The van der Waals surface area contributed by atoms with Gasteiger partial charge in [0.25, 0.3) is 0 Å². The van der Waals surface area contributed by atoms with Crippen molar-refractivity contribution in [2.75, 3.05) is 7.11 Å². The molecule has 0 aliphatic rings. The lowest BCUT2D eigenvalue weighted by molar-refractivity contribution is -0.506. The molecule has 0 amide bonds. The summed E-state index contributed by atoms with van der Waals surface area (Å²) in [5, 5.41) is 0. The first kappa shape index (κ1) is 15.4. The number of benzene rings is 1. The van der Waals surface area contributed by atoms with Crippen LogP contribution < -0.4 is 21.1 Å². The van der Waals surface area contributed by atoms with E-state index in [1.165, 1.54) is 19.4 Å². The fraction of sp³-hybridized carbons (Fsp3) is 0.0833. The van der Waals surface area contributed by atoms with Crippen LogP contribution in [0.4, 0.5) is 0 Å². The highest BCUT2D eigenvalue weighted by Crippen LogP contribution is 2.26. The van der Waals surface area contributed by atoms with E-state index in [0.717, 1.165) is 3.97 Å². The van der Waals surface area contributed by atoms with Crippen LogP contribution >= 0.6 is 0 Å². The van der Waals surface area contributed by atoms with Crippen LogP contribution in [0.2, 0.25) is 0 Å². The molecule has 0 unspecified atom stereocenters. The third kappa shape index (κ3) is 3.23. The maximum absolute atomic E-state index is 11.3. The standard InChI is InChI=1S/C12H11NO4S.ClH/c1-17-12-8-3-2-6-10(12)11-7-4-5-9-13(11)18(14,15)16;/h2-9H,1H3;1H. The van der Waals surface area contributed by atoms with Crippen molar-refractivity contribution in [2.45, 2.75) is 0 Å². The van der Waals surface area contributed by atoms with Crippen molar-refractivity contribution < 1.29 is 34.1 Å². The predicted octanol–water partition coefficient (Wildman–Crippen LogP) is -1.70. The van der Waals surface area contributed by atoms with Crippen LogP contribution in [0.3, 0.4) is 0 Å². The highest BCUT2D eigenvalue weighted by molar-refractivity contribution is 7.79. The molecule has 0 bridgehead atoms. The van der Waals surface area contributed by atoms with E-state index in [9.17, 15) is 13.0 Å². The Morgan fingerprint density at radius 1 is 1.11 bits per heavy atom. The lowest BCUT2D eigenvalue weighted by atomic mass is 10.1. The van der Waals surface area contributed by atoms with Crippen molar-refractivity contribution in [1.82, 2.24) is 0 Å². The average molecular weight is 302 g/mol. The van der Waals surface area contributed by atoms with Gasteiger partial charge in [-0.05, 0) is 18.2 Å². The van der Waals surface area contributed by atoms with Crippen LogP contribution in [0.25, 0.3) is 11.3 Å². The summed E-state index contributed by atoms with van der Waals surface area (Å²) in [7, 11) is -2.85. The van der Waals surface area contributed by atoms with Crippen LogP contribution in [0, 0.1) is 0 Å². The number of pyridine rings is 1. The molecular weight excluding hydrogens is 290 g/mol. The van der Waals surface area contributed by atoms with E-state index in [1.54, 1.807) is 36.4 Å². The molecule has 2 rings (SSSR count). The monoisotopic (exact) mass is 301 g/mol. The van der Waals surface area contributed by atoms with Gasteiger partial charge in [-0.25, -0.2) is 4.55 Å². The Hall–Kier alpha value is -1.63. The maximum atomic E-state index is 11.3. The van der Waals surface area contributed by atoms with E-state index in [4.69, 9.17) is 4.74 Å². The summed E-state index contributed by atoms with van der Waals surface area (Å²) >= 11 is 0. The molecule has 0 saturated carbocycles. The molecule has 1 heterocycles. The number of halogens is 1. The Morgan fingerprint density at radius 3 is 2.37 bits per heavy atom. The molecule has 0 saturated heterocycles. The minimum atomic E-state index is -4.35. The maximum Gasteiger partial charge on any atom is 0.511 e. The van der Waals surface area contributed by atoms with Gasteiger partial charge in [0, 0.05) is 12.1 Å². The highest BCUT2D eigenvalue weighted by atomic mass is 35.5. The normalized spacial score (nSPS) is 10.6. The molecule has 0 aliphatic carbocycles. The predicted molar refractivity (Wildman–Crippen MR) is 65.6 cm³/mol. The van der Waals surface area contributed by atoms with E-state index in [1.807, 2.05) is 0 Å². The van der Waals surface area contributed by atoms with Gasteiger partial charge in [-0.3, -0.25) is 0 Å². The van der Waals surface area contributed by atoms with Gasteiger partial charge >= 0.3 is 10.3 Å². The molecule has 5 nitrogen and oxygen atoms in total. The molecule has 19 heavy (non-hydrogen) atoms. The first-order valence-corrected chi connectivity index (χ1v) is 6.56. The average Bonchev–Trinajstić information content (AvgIpc) is 2.37. The quantitative estimate of drug-likeness (QED) is 0.542. The van der Waals surface area contributed by atoms with Gasteiger partial charge < -0.3 is 17.1 Å². The fourth-order valence-electron chi connectivity index (χ4n) is 1.69. The molecule has 1 N–H and O–H groups in total. The third-order valence-corrected chi connectivity index (χ3v) is 3.27. The van der Waals surface area contributed by atoms with Crippen molar-refractivity contribution >= 4 is 10.3 Å². The number of nitrogens with zero attached hydrogens (tertiary/aromatic N) is 1. The Morgan fingerprint density at radius 2 is 1.74 bits per heavy atom. The lowest BCUT2D eigenvalue weighted by Crippen LogP contribution is -3.00. The minimum absolute atomic E-state index is 0. The van der Waals surface area contributed by atoms with Crippen LogP contribution in [0.1, 0.15) is 0 Å². The fourth-order valence-corrected chi connectivity index (χ4v) is 2.33. The largest absolute Gasteiger partial charge is 1.00 e. The van der Waals surface area contributed by atoms with Crippen molar-refractivity contribution in [3.8, 4) is 17.0 Å². The van der Waals surface area contributed by atoms with Gasteiger partial charge in [-0.15, -0.1) is 8.42 Å². The van der Waals surface area contributed by atoms with Gasteiger partial charge in [-0.1, -0.05) is 16.1 Å². The van der Waals surface area contributed by atoms with Gasteiger partial charge in [-0.2, -0.15) is 0 Å². The summed E-state index contributed by atoms with van der Waals surface area (Å²) in [4.78, 5) is 0. The molecule has 1 aromatic carbocycles. The van der Waals surface area contributed by atoms with Gasteiger partial charge in [0.2, 0.25) is 5.69 Å². The molecular formula is C12H12ClNO4S. The lowest BCUT2D eigenvalue weighted by Gasteiger charge is -2.06. The first-order valence-electron chi connectivity index (χ1n) is 5.16. The number of ether oxygens (including phenoxy) is 1. The number of hydrogen-bond acceptors (Lipinski definition) is 3. The second-order valence-electron chi connectivity index (χ2n) is 3.56. The molecule has 102 valence electrons. The molecule has 7 heteroatoms. The molecule has 2 aromatic rings. The number of methoxy groups -OCH3 is 1. The SMILES string of the molecule is COc1ccccc1-c1cccc[n+]1S(=O)(=O)O.[Cl-]. The minimum Gasteiger partial charge on any atom is -1.00 e. The second kappa shape index (κ2) is 6.01. The van der Waals surface area contributed by atoms with Gasteiger partial charge in [0.15, 0.2) is 6.20 Å². The molecule has 1 aromatic heterocycles. The first-order chi connectivity index (χ1) is 8.54. The van der Waals surface area contributed by atoms with E-state index in [2.05, 4.69) is 0 Å². The van der Waals surface area contributed by atoms with E-state index in [-0.39, 0.29) is 12.4 Å². The molecule has 0 fully saturated rings. The van der Waals surface area contributed by atoms with Crippen molar-refractivity contribution in [3.05, 3.63) is 48.7 Å². The Balaban J connectivity index is 0.00000180.